The fraction of sp³-hybridized carbons (Fsp3) is 0.538. The number of aromatic nitrogens is 1. The smallest absolute Gasteiger partial charge is 0.138 e. The Bertz CT molecular complexity index is 404. The standard InChI is InChI=1S/C13H21N3S/c1-5-9(2)8-16(4)13-11(12(14)17)10(3)6-7-15-13/h6-7,9H,5,8H2,1-4H3,(H2,14,17). The number of hydrogen-bond acceptors (Lipinski definition) is 3. The van der Waals surface area contributed by atoms with Crippen molar-refractivity contribution in [2.75, 3.05) is 18.5 Å². The van der Waals surface area contributed by atoms with Crippen molar-refractivity contribution in [1.82, 2.24) is 4.98 Å². The van der Waals surface area contributed by atoms with Crippen LogP contribution in [0.3, 0.4) is 0 Å². The molecule has 0 aliphatic carbocycles. The summed E-state index contributed by atoms with van der Waals surface area (Å²) in [4.78, 5) is 6.96. The van der Waals surface area contributed by atoms with Gasteiger partial charge in [0.15, 0.2) is 0 Å². The normalized spacial score (nSPS) is 12.2. The second kappa shape index (κ2) is 5.96. The molecule has 0 saturated carbocycles. The van der Waals surface area contributed by atoms with Crippen molar-refractivity contribution in [3.05, 3.63) is 23.4 Å². The first-order chi connectivity index (χ1) is 7.97. The lowest BCUT2D eigenvalue weighted by Gasteiger charge is -2.24. The van der Waals surface area contributed by atoms with Gasteiger partial charge >= 0.3 is 0 Å². The minimum absolute atomic E-state index is 0.418. The van der Waals surface area contributed by atoms with E-state index in [1.54, 1.807) is 6.20 Å². The molecule has 1 atom stereocenters. The van der Waals surface area contributed by atoms with Crippen LogP contribution in [0, 0.1) is 12.8 Å². The molecule has 0 amide bonds. The molecule has 0 radical (unpaired) electrons. The lowest BCUT2D eigenvalue weighted by molar-refractivity contribution is 0.557. The van der Waals surface area contributed by atoms with Gasteiger partial charge in [0.25, 0.3) is 0 Å². The summed E-state index contributed by atoms with van der Waals surface area (Å²) in [6.45, 7) is 7.39. The van der Waals surface area contributed by atoms with Gasteiger partial charge in [-0.15, -0.1) is 0 Å². The van der Waals surface area contributed by atoms with Crippen LogP contribution in [0.4, 0.5) is 5.82 Å². The Morgan fingerprint density at radius 2 is 2.24 bits per heavy atom. The number of pyridine rings is 1. The van der Waals surface area contributed by atoms with Gasteiger partial charge in [-0.1, -0.05) is 32.5 Å². The Morgan fingerprint density at radius 1 is 1.59 bits per heavy atom. The highest BCUT2D eigenvalue weighted by atomic mass is 32.1. The maximum Gasteiger partial charge on any atom is 0.138 e. The molecule has 0 saturated heterocycles. The summed E-state index contributed by atoms with van der Waals surface area (Å²) in [6, 6.07) is 1.94. The highest BCUT2D eigenvalue weighted by Crippen LogP contribution is 2.21. The van der Waals surface area contributed by atoms with E-state index in [9.17, 15) is 0 Å². The zero-order valence-electron chi connectivity index (χ0n) is 11.0. The summed E-state index contributed by atoms with van der Waals surface area (Å²) in [7, 11) is 2.04. The molecule has 1 rings (SSSR count). The van der Waals surface area contributed by atoms with Gasteiger partial charge in [0.2, 0.25) is 0 Å². The fourth-order valence-corrected chi connectivity index (χ4v) is 2.07. The van der Waals surface area contributed by atoms with Crippen molar-refractivity contribution < 1.29 is 0 Å². The van der Waals surface area contributed by atoms with E-state index in [0.717, 1.165) is 29.9 Å². The topological polar surface area (TPSA) is 42.2 Å². The number of nitrogens with zero attached hydrogens (tertiary/aromatic N) is 2. The summed E-state index contributed by atoms with van der Waals surface area (Å²) in [5.74, 6) is 1.51. The number of hydrogen-bond donors (Lipinski definition) is 1. The molecule has 1 unspecified atom stereocenters. The summed E-state index contributed by atoms with van der Waals surface area (Å²) in [5, 5.41) is 0. The van der Waals surface area contributed by atoms with E-state index in [1.165, 1.54) is 0 Å². The number of anilines is 1. The highest BCUT2D eigenvalue weighted by Gasteiger charge is 2.14. The second-order valence-corrected chi connectivity index (χ2v) is 5.02. The number of thiocarbonyl (C=S) groups is 1. The monoisotopic (exact) mass is 251 g/mol. The summed E-state index contributed by atoms with van der Waals surface area (Å²) < 4.78 is 0. The van der Waals surface area contributed by atoms with Crippen LogP contribution in [-0.4, -0.2) is 23.6 Å². The van der Waals surface area contributed by atoms with E-state index in [4.69, 9.17) is 18.0 Å². The van der Waals surface area contributed by atoms with Gasteiger partial charge in [-0.2, -0.15) is 0 Å². The Labute approximate surface area is 109 Å². The van der Waals surface area contributed by atoms with Gasteiger partial charge in [0.05, 0.1) is 5.56 Å². The third kappa shape index (κ3) is 3.40. The molecular formula is C13H21N3S. The van der Waals surface area contributed by atoms with E-state index < -0.39 is 0 Å². The highest BCUT2D eigenvalue weighted by molar-refractivity contribution is 7.80. The number of aryl methyl sites for hydroxylation is 1. The molecule has 0 spiro atoms. The Balaban J connectivity index is 3.04. The number of rotatable bonds is 5. The molecule has 1 aromatic rings. The molecule has 3 nitrogen and oxygen atoms in total. The fourth-order valence-electron chi connectivity index (χ4n) is 1.82. The third-order valence-corrected chi connectivity index (χ3v) is 3.23. The zero-order chi connectivity index (χ0) is 13.0. The van der Waals surface area contributed by atoms with Crippen LogP contribution in [-0.2, 0) is 0 Å². The molecule has 0 aliphatic rings. The Hall–Kier alpha value is -1.16. The summed E-state index contributed by atoms with van der Waals surface area (Å²) in [5.41, 5.74) is 7.76. The molecule has 1 heterocycles. The molecule has 0 bridgehead atoms. The van der Waals surface area contributed by atoms with Gasteiger partial charge in [0.1, 0.15) is 10.8 Å². The zero-order valence-corrected chi connectivity index (χ0v) is 11.8. The minimum atomic E-state index is 0.418. The predicted octanol–water partition coefficient (Wildman–Crippen LogP) is 2.51. The van der Waals surface area contributed by atoms with Crippen LogP contribution < -0.4 is 10.6 Å². The first-order valence-corrected chi connectivity index (χ1v) is 6.34. The molecule has 4 heteroatoms. The largest absolute Gasteiger partial charge is 0.389 e. The minimum Gasteiger partial charge on any atom is -0.389 e. The van der Waals surface area contributed by atoms with Gasteiger partial charge < -0.3 is 10.6 Å². The molecule has 94 valence electrons. The maximum atomic E-state index is 5.78. The molecular weight excluding hydrogens is 230 g/mol. The SMILES string of the molecule is CCC(C)CN(C)c1nccc(C)c1C(N)=S. The van der Waals surface area contributed by atoms with Crippen LogP contribution in [0.25, 0.3) is 0 Å². The molecule has 2 N–H and O–H groups in total. The van der Waals surface area contributed by atoms with Crippen LogP contribution in [0.5, 0.6) is 0 Å². The van der Waals surface area contributed by atoms with Crippen LogP contribution in [0.2, 0.25) is 0 Å². The van der Waals surface area contributed by atoms with Crippen molar-refractivity contribution in [2.24, 2.45) is 11.7 Å². The van der Waals surface area contributed by atoms with Crippen LogP contribution in [0.1, 0.15) is 31.4 Å². The molecule has 0 aromatic carbocycles. The van der Waals surface area contributed by atoms with Gasteiger partial charge in [-0.05, 0) is 24.5 Å². The van der Waals surface area contributed by atoms with E-state index in [1.807, 2.05) is 20.0 Å². The van der Waals surface area contributed by atoms with Gasteiger partial charge in [0, 0.05) is 19.8 Å². The maximum absolute atomic E-state index is 5.78. The number of nitrogens with two attached hydrogens (primary N) is 1. The van der Waals surface area contributed by atoms with E-state index in [2.05, 4.69) is 23.7 Å². The van der Waals surface area contributed by atoms with Crippen molar-refractivity contribution >= 4 is 23.0 Å². The Kier molecular flexibility index (Phi) is 4.87. The predicted molar refractivity (Wildman–Crippen MR) is 77.6 cm³/mol. The van der Waals surface area contributed by atoms with Crippen molar-refractivity contribution in [3.63, 3.8) is 0 Å². The second-order valence-electron chi connectivity index (χ2n) is 4.58. The Morgan fingerprint density at radius 3 is 2.76 bits per heavy atom. The summed E-state index contributed by atoms with van der Waals surface area (Å²) in [6.07, 6.45) is 2.96. The van der Waals surface area contributed by atoms with Gasteiger partial charge in [-0.3, -0.25) is 0 Å². The molecule has 0 fully saturated rings. The lowest BCUT2D eigenvalue weighted by atomic mass is 10.1. The van der Waals surface area contributed by atoms with Crippen molar-refractivity contribution in [1.29, 1.82) is 0 Å². The van der Waals surface area contributed by atoms with E-state index in [0.29, 0.717) is 10.9 Å². The molecule has 1 aromatic heterocycles. The van der Waals surface area contributed by atoms with Crippen LogP contribution in [0.15, 0.2) is 12.3 Å². The van der Waals surface area contributed by atoms with E-state index >= 15 is 0 Å². The molecule has 17 heavy (non-hydrogen) atoms. The molecule has 0 aliphatic heterocycles. The third-order valence-electron chi connectivity index (χ3n) is 3.03. The average Bonchev–Trinajstić information content (AvgIpc) is 2.27. The summed E-state index contributed by atoms with van der Waals surface area (Å²) >= 11 is 5.11. The first-order valence-electron chi connectivity index (χ1n) is 5.93. The van der Waals surface area contributed by atoms with Crippen molar-refractivity contribution in [2.45, 2.75) is 27.2 Å². The first kappa shape index (κ1) is 13.9. The van der Waals surface area contributed by atoms with Gasteiger partial charge in [-0.25, -0.2) is 4.98 Å². The van der Waals surface area contributed by atoms with Crippen LogP contribution >= 0.6 is 12.2 Å². The lowest BCUT2D eigenvalue weighted by Crippen LogP contribution is -2.28. The van der Waals surface area contributed by atoms with E-state index in [-0.39, 0.29) is 0 Å². The quantitative estimate of drug-likeness (QED) is 0.817. The van der Waals surface area contributed by atoms with Crippen molar-refractivity contribution in [3.8, 4) is 0 Å². The average molecular weight is 251 g/mol.